The molecular formula is C23H28N2O6S. The first kappa shape index (κ1) is 22.4. The van der Waals surface area contributed by atoms with Crippen LogP contribution in [0.4, 0.5) is 5.69 Å². The van der Waals surface area contributed by atoms with Crippen LogP contribution in [0.2, 0.25) is 0 Å². The lowest BCUT2D eigenvalue weighted by Crippen LogP contribution is -2.32. The van der Waals surface area contributed by atoms with Crippen molar-refractivity contribution >= 4 is 21.6 Å². The van der Waals surface area contributed by atoms with Crippen molar-refractivity contribution < 1.29 is 27.4 Å². The lowest BCUT2D eigenvalue weighted by atomic mass is 10.1. The van der Waals surface area contributed by atoms with E-state index in [0.29, 0.717) is 41.5 Å². The van der Waals surface area contributed by atoms with Gasteiger partial charge in [-0.1, -0.05) is 12.8 Å². The SMILES string of the molecule is COc1cc(C(=O)N2CCc3cc(S(=O)(=O)NC4CCCC4)ccc32)cc(OC)c1OC. The van der Waals surface area contributed by atoms with E-state index in [1.807, 2.05) is 0 Å². The Morgan fingerprint density at radius 3 is 2.25 bits per heavy atom. The molecule has 0 bridgehead atoms. The van der Waals surface area contributed by atoms with Crippen LogP contribution in [0.25, 0.3) is 0 Å². The number of carbonyl (C=O) groups excluding carboxylic acids is 1. The molecule has 0 unspecified atom stereocenters. The first-order valence-corrected chi connectivity index (χ1v) is 12.1. The second-order valence-corrected chi connectivity index (χ2v) is 9.73. The van der Waals surface area contributed by atoms with Crippen LogP contribution < -0.4 is 23.8 Å². The van der Waals surface area contributed by atoms with Gasteiger partial charge >= 0.3 is 0 Å². The van der Waals surface area contributed by atoms with E-state index in [9.17, 15) is 13.2 Å². The van der Waals surface area contributed by atoms with E-state index in [1.165, 1.54) is 21.3 Å². The van der Waals surface area contributed by atoms with Crippen molar-refractivity contribution in [1.82, 2.24) is 4.72 Å². The molecule has 1 heterocycles. The zero-order valence-electron chi connectivity index (χ0n) is 18.5. The molecule has 4 rings (SSSR count). The summed E-state index contributed by atoms with van der Waals surface area (Å²) in [5.74, 6) is 0.990. The number of nitrogens with one attached hydrogen (secondary N) is 1. The monoisotopic (exact) mass is 460 g/mol. The zero-order chi connectivity index (χ0) is 22.9. The molecular weight excluding hydrogens is 432 g/mol. The molecule has 0 saturated heterocycles. The third-order valence-corrected chi connectivity index (χ3v) is 7.61. The van der Waals surface area contributed by atoms with Gasteiger partial charge in [-0.2, -0.15) is 0 Å². The van der Waals surface area contributed by atoms with Gasteiger partial charge in [-0.05, 0) is 55.2 Å². The first-order valence-electron chi connectivity index (χ1n) is 10.6. The molecule has 1 aliphatic heterocycles. The number of ether oxygens (including phenoxy) is 3. The highest BCUT2D eigenvalue weighted by atomic mass is 32.2. The smallest absolute Gasteiger partial charge is 0.258 e. The van der Waals surface area contributed by atoms with E-state index >= 15 is 0 Å². The third kappa shape index (κ3) is 4.14. The van der Waals surface area contributed by atoms with Crippen molar-refractivity contribution in [3.05, 3.63) is 41.5 Å². The summed E-state index contributed by atoms with van der Waals surface area (Å²) in [5, 5.41) is 0. The molecule has 1 amide bonds. The second kappa shape index (κ2) is 8.99. The fraction of sp³-hybridized carbons (Fsp3) is 0.435. The van der Waals surface area contributed by atoms with Gasteiger partial charge in [0.2, 0.25) is 15.8 Å². The van der Waals surface area contributed by atoms with Gasteiger partial charge in [-0.3, -0.25) is 4.79 Å². The number of sulfonamides is 1. The zero-order valence-corrected chi connectivity index (χ0v) is 19.3. The molecule has 0 spiro atoms. The van der Waals surface area contributed by atoms with Crippen LogP contribution in [0.3, 0.4) is 0 Å². The van der Waals surface area contributed by atoms with Crippen LogP contribution in [0.5, 0.6) is 17.2 Å². The van der Waals surface area contributed by atoms with Gasteiger partial charge in [0.05, 0.1) is 26.2 Å². The van der Waals surface area contributed by atoms with Gasteiger partial charge in [0.1, 0.15) is 0 Å². The minimum atomic E-state index is -3.58. The highest BCUT2D eigenvalue weighted by molar-refractivity contribution is 7.89. The Balaban J connectivity index is 1.60. The Kier molecular flexibility index (Phi) is 6.30. The second-order valence-electron chi connectivity index (χ2n) is 8.01. The van der Waals surface area contributed by atoms with Crippen molar-refractivity contribution in [2.45, 2.75) is 43.0 Å². The number of amides is 1. The number of methoxy groups -OCH3 is 3. The molecule has 9 heteroatoms. The Morgan fingerprint density at radius 2 is 1.66 bits per heavy atom. The van der Waals surface area contributed by atoms with Crippen molar-refractivity contribution in [3.8, 4) is 17.2 Å². The van der Waals surface area contributed by atoms with Crippen LogP contribution in [-0.4, -0.2) is 48.2 Å². The number of carbonyl (C=O) groups is 1. The number of hydrogen-bond donors (Lipinski definition) is 1. The normalized spacial score (nSPS) is 16.2. The highest BCUT2D eigenvalue weighted by Gasteiger charge is 2.30. The molecule has 1 fully saturated rings. The number of benzene rings is 2. The molecule has 2 aromatic carbocycles. The molecule has 0 atom stereocenters. The molecule has 1 aliphatic carbocycles. The Bertz CT molecular complexity index is 1100. The number of rotatable bonds is 7. The molecule has 1 N–H and O–H groups in total. The van der Waals surface area contributed by atoms with Crippen LogP contribution in [0, 0.1) is 0 Å². The average molecular weight is 461 g/mol. The maximum absolute atomic E-state index is 13.3. The molecule has 172 valence electrons. The van der Waals surface area contributed by atoms with Crippen LogP contribution in [0.15, 0.2) is 35.2 Å². The summed E-state index contributed by atoms with van der Waals surface area (Å²) in [6.45, 7) is 0.463. The van der Waals surface area contributed by atoms with Crippen LogP contribution in [-0.2, 0) is 16.4 Å². The Labute approximate surface area is 188 Å². The van der Waals surface area contributed by atoms with Gasteiger partial charge in [0, 0.05) is 23.8 Å². The summed E-state index contributed by atoms with van der Waals surface area (Å²) in [7, 11) is 0.921. The molecule has 1 saturated carbocycles. The fourth-order valence-electron chi connectivity index (χ4n) is 4.45. The van der Waals surface area contributed by atoms with Crippen molar-refractivity contribution in [1.29, 1.82) is 0 Å². The minimum absolute atomic E-state index is 0.00589. The van der Waals surface area contributed by atoms with Crippen molar-refractivity contribution in [2.24, 2.45) is 0 Å². The summed E-state index contributed by atoms with van der Waals surface area (Å²) >= 11 is 0. The first-order chi connectivity index (χ1) is 15.4. The van der Waals surface area contributed by atoms with E-state index in [1.54, 1.807) is 35.2 Å². The molecule has 0 aromatic heterocycles. The average Bonchev–Trinajstić information content (AvgIpc) is 3.46. The molecule has 8 nitrogen and oxygen atoms in total. The van der Waals surface area contributed by atoms with E-state index < -0.39 is 10.0 Å². The molecule has 2 aromatic rings. The number of fused-ring (bicyclic) bond motifs is 1. The summed E-state index contributed by atoms with van der Waals surface area (Å²) in [6.07, 6.45) is 4.44. The number of nitrogens with zero attached hydrogens (tertiary/aromatic N) is 1. The topological polar surface area (TPSA) is 94.2 Å². The maximum Gasteiger partial charge on any atom is 0.258 e. The van der Waals surface area contributed by atoms with E-state index in [2.05, 4.69) is 4.72 Å². The van der Waals surface area contributed by atoms with Crippen molar-refractivity contribution in [2.75, 3.05) is 32.8 Å². The number of hydrogen-bond acceptors (Lipinski definition) is 6. The van der Waals surface area contributed by atoms with Crippen molar-refractivity contribution in [3.63, 3.8) is 0 Å². The van der Waals surface area contributed by atoms with Crippen LogP contribution >= 0.6 is 0 Å². The van der Waals surface area contributed by atoms with E-state index in [-0.39, 0.29) is 16.8 Å². The molecule has 0 radical (unpaired) electrons. The summed E-state index contributed by atoms with van der Waals surface area (Å²) in [4.78, 5) is 15.2. The van der Waals surface area contributed by atoms with Gasteiger partial charge in [0.15, 0.2) is 11.5 Å². The summed E-state index contributed by atoms with van der Waals surface area (Å²) in [5.41, 5.74) is 1.94. The lowest BCUT2D eigenvalue weighted by molar-refractivity contribution is 0.0988. The fourth-order valence-corrected chi connectivity index (χ4v) is 5.80. The third-order valence-electron chi connectivity index (χ3n) is 6.09. The Hall–Kier alpha value is -2.78. The minimum Gasteiger partial charge on any atom is -0.493 e. The molecule has 32 heavy (non-hydrogen) atoms. The highest BCUT2D eigenvalue weighted by Crippen LogP contribution is 2.39. The molecule has 2 aliphatic rings. The predicted molar refractivity (Wildman–Crippen MR) is 120 cm³/mol. The van der Waals surface area contributed by atoms with E-state index in [0.717, 1.165) is 31.2 Å². The van der Waals surface area contributed by atoms with Gasteiger partial charge < -0.3 is 19.1 Å². The summed E-state index contributed by atoms with van der Waals surface area (Å²) in [6, 6.07) is 8.19. The van der Waals surface area contributed by atoms with Gasteiger partial charge in [-0.15, -0.1) is 0 Å². The largest absolute Gasteiger partial charge is 0.493 e. The predicted octanol–water partition coefficient (Wildman–Crippen LogP) is 3.14. The number of anilines is 1. The Morgan fingerprint density at radius 1 is 1.00 bits per heavy atom. The maximum atomic E-state index is 13.3. The summed E-state index contributed by atoms with van der Waals surface area (Å²) < 4.78 is 44.5. The van der Waals surface area contributed by atoms with E-state index in [4.69, 9.17) is 14.2 Å². The quantitative estimate of drug-likeness (QED) is 0.682. The van der Waals surface area contributed by atoms with Gasteiger partial charge in [-0.25, -0.2) is 13.1 Å². The standard InChI is InChI=1S/C23H28N2O6S/c1-29-20-13-16(14-21(30-2)22(20)31-3)23(26)25-11-10-15-12-18(8-9-19(15)25)32(27,28)24-17-6-4-5-7-17/h8-9,12-14,17,24H,4-7,10-11H2,1-3H3. The van der Waals surface area contributed by atoms with Crippen LogP contribution in [0.1, 0.15) is 41.6 Å². The van der Waals surface area contributed by atoms with Gasteiger partial charge in [0.25, 0.3) is 5.91 Å². The lowest BCUT2D eigenvalue weighted by Gasteiger charge is -2.20.